The largest absolute Gasteiger partial charge is 1.00 e. The van der Waals surface area contributed by atoms with Crippen molar-refractivity contribution < 1.29 is 107 Å². The van der Waals surface area contributed by atoms with Crippen LogP contribution in [0.1, 0.15) is 1.43 Å². The molecule has 5 N–H and O–H groups in total. The van der Waals surface area contributed by atoms with E-state index in [-0.39, 0.29) is 80.2 Å². The summed E-state index contributed by atoms with van der Waals surface area (Å²) in [5.41, 5.74) is 0. The van der Waals surface area contributed by atoms with Gasteiger partial charge in [-0.15, -0.1) is 0 Å². The van der Waals surface area contributed by atoms with E-state index in [1.165, 1.54) is 0 Å². The molecule has 0 aromatic rings. The maximum absolute atomic E-state index is 8.88. The molecule has 1 atom stereocenters. The molecule has 12 heteroatoms. The Morgan fingerprint density at radius 1 is 1.08 bits per heavy atom. The summed E-state index contributed by atoms with van der Waals surface area (Å²) in [5, 5.41) is 0. The minimum Gasteiger partial charge on any atom is -1.00 e. The molecule has 12 heavy (non-hydrogen) atoms. The summed E-state index contributed by atoms with van der Waals surface area (Å²) in [6.07, 6.45) is 0. The maximum atomic E-state index is 8.88. The second kappa shape index (κ2) is 10.00. The quantitative estimate of drug-likeness (QED) is 0.213. The van der Waals surface area contributed by atoms with Crippen LogP contribution in [0.3, 0.4) is 0 Å². The summed E-state index contributed by atoms with van der Waals surface area (Å²) in [7, 11) is -9.31. The molecule has 0 radical (unpaired) electrons. The molecule has 0 aliphatic carbocycles. The van der Waals surface area contributed by atoms with Crippen LogP contribution >= 0.6 is 17.7 Å². The van der Waals surface area contributed by atoms with Gasteiger partial charge in [0.2, 0.25) is 0 Å². The molecule has 74 valence electrons. The van der Waals surface area contributed by atoms with E-state index < -0.39 is 18.2 Å². The fourth-order valence-electron chi connectivity index (χ4n) is 0. The van der Waals surface area contributed by atoms with Gasteiger partial charge in [0.05, 0.1) is 0 Å². The number of phosphoric acid groups is 1. The van der Waals surface area contributed by atoms with Gasteiger partial charge in [0.25, 0.3) is 0 Å². The second-order valence-electron chi connectivity index (χ2n) is 0.961. The van der Waals surface area contributed by atoms with E-state index in [0.29, 0.717) is 0 Å². The number of hydrogen-bond acceptors (Lipinski definition) is 3. The van der Waals surface area contributed by atoms with E-state index in [1.54, 1.807) is 0 Å². The van der Waals surface area contributed by atoms with Gasteiger partial charge in [-0.25, -0.2) is 4.57 Å². The van der Waals surface area contributed by atoms with Crippen LogP contribution < -0.4 is 68.9 Å². The van der Waals surface area contributed by atoms with Gasteiger partial charge >= 0.3 is 87.1 Å². The Bertz CT molecular complexity index is 200. The molecular formula is H9CsO8P2S. The first-order valence-corrected chi connectivity index (χ1v) is 4.44. The molecule has 0 aromatic carbocycles. The third-order valence-corrected chi connectivity index (χ3v) is 0. The van der Waals surface area contributed by atoms with Crippen LogP contribution in [0.5, 0.6) is 0 Å². The molecule has 1 unspecified atom stereocenters. The Morgan fingerprint density at radius 2 is 1.08 bits per heavy atom. The smallest absolute Gasteiger partial charge is 1.00 e. The zero-order chi connectivity index (χ0) is 9.00. The van der Waals surface area contributed by atoms with Crippen LogP contribution in [0.15, 0.2) is 0 Å². The Hall–Kier alpha value is 2.46. The molecular weight excluding hydrogens is 355 g/mol. The Balaban J connectivity index is -0.0000000267. The molecule has 0 heterocycles. The van der Waals surface area contributed by atoms with Crippen molar-refractivity contribution in [2.45, 2.75) is 0 Å². The third-order valence-electron chi connectivity index (χ3n) is 0. The molecule has 8 nitrogen and oxygen atoms in total. The summed E-state index contributed by atoms with van der Waals surface area (Å²) < 4.78 is 40.5. The van der Waals surface area contributed by atoms with E-state index in [0.717, 1.165) is 0 Å². The van der Waals surface area contributed by atoms with Crippen molar-refractivity contribution in [1.82, 2.24) is 0 Å². The van der Waals surface area contributed by atoms with Crippen LogP contribution in [-0.2, 0) is 15.0 Å². The summed E-state index contributed by atoms with van der Waals surface area (Å²) in [4.78, 5) is 21.6. The first-order valence-electron chi connectivity index (χ1n) is 1.48. The van der Waals surface area contributed by atoms with Gasteiger partial charge in [-0.3, -0.25) is 9.11 Å². The molecule has 0 aliphatic rings. The van der Waals surface area contributed by atoms with Crippen molar-refractivity contribution in [2.75, 3.05) is 0 Å². The van der Waals surface area contributed by atoms with Gasteiger partial charge < -0.3 is 16.1 Å². The van der Waals surface area contributed by atoms with E-state index >= 15 is 0 Å². The first-order chi connectivity index (χ1) is 4.00. The average molecular weight is 364 g/mol. The molecule has 0 spiro atoms. The van der Waals surface area contributed by atoms with Gasteiger partial charge in [-0.05, 0) is 0 Å². The summed E-state index contributed by atoms with van der Waals surface area (Å²) in [6.45, 7) is 0. The van der Waals surface area contributed by atoms with Crippen molar-refractivity contribution in [1.29, 1.82) is 0 Å². The maximum Gasteiger partial charge on any atom is 1.00 e. The summed E-state index contributed by atoms with van der Waals surface area (Å²) >= 11 is 0. The fourth-order valence-corrected chi connectivity index (χ4v) is 0. The third kappa shape index (κ3) is 270. The normalized spacial score (nSPS) is 9.75. The minimum absolute atomic E-state index is 0. The van der Waals surface area contributed by atoms with Gasteiger partial charge in [0.15, 0.2) is 0 Å². The zero-order valence-electron chi connectivity index (χ0n) is 7.02. The van der Waals surface area contributed by atoms with Gasteiger partial charge in [0.1, 0.15) is 0 Å². The van der Waals surface area contributed by atoms with E-state index in [1.807, 2.05) is 0 Å². The summed E-state index contributed by atoms with van der Waals surface area (Å²) in [6, 6.07) is 0. The SMILES string of the molecule is O=P(O)(O)O.O=S(=O)(O)O.P.[Cs+].[H-]. The van der Waals surface area contributed by atoms with Crippen molar-refractivity contribution in [2.24, 2.45) is 0 Å². The van der Waals surface area contributed by atoms with Crippen molar-refractivity contribution >= 4 is 28.1 Å². The van der Waals surface area contributed by atoms with Crippen LogP contribution in [0.25, 0.3) is 0 Å². The van der Waals surface area contributed by atoms with E-state index in [2.05, 4.69) is 0 Å². The number of rotatable bonds is 0. The molecule has 0 bridgehead atoms. The van der Waals surface area contributed by atoms with Crippen LogP contribution in [-0.4, -0.2) is 32.2 Å². The molecule has 0 amide bonds. The average Bonchev–Trinajstić information content (AvgIpc) is 1.12. The second-order valence-corrected chi connectivity index (χ2v) is 2.88. The fraction of sp³-hybridized carbons (Fsp3) is 0. The van der Waals surface area contributed by atoms with Crippen molar-refractivity contribution in [3.8, 4) is 0 Å². The monoisotopic (exact) mass is 364 g/mol. The first kappa shape index (κ1) is 23.9. The molecule has 0 saturated heterocycles. The van der Waals surface area contributed by atoms with Crippen LogP contribution in [0.4, 0.5) is 0 Å². The van der Waals surface area contributed by atoms with Crippen molar-refractivity contribution in [3.63, 3.8) is 0 Å². The Morgan fingerprint density at radius 3 is 1.08 bits per heavy atom. The van der Waals surface area contributed by atoms with Crippen LogP contribution in [0.2, 0.25) is 0 Å². The Labute approximate surface area is 132 Å². The summed E-state index contributed by atoms with van der Waals surface area (Å²) in [5.74, 6) is 0. The molecule has 0 rings (SSSR count). The molecule has 0 fully saturated rings. The van der Waals surface area contributed by atoms with E-state index in [9.17, 15) is 0 Å². The molecule has 0 saturated carbocycles. The van der Waals surface area contributed by atoms with Gasteiger partial charge in [-0.1, -0.05) is 0 Å². The molecule has 0 aliphatic heterocycles. The van der Waals surface area contributed by atoms with Crippen molar-refractivity contribution in [3.05, 3.63) is 0 Å². The van der Waals surface area contributed by atoms with Gasteiger partial charge in [-0.2, -0.15) is 18.3 Å². The molecule has 0 aromatic heterocycles. The van der Waals surface area contributed by atoms with Gasteiger partial charge in [0, 0.05) is 0 Å². The zero-order valence-corrected chi connectivity index (χ0v) is 15.4. The standard InChI is InChI=1S/Cs.H3O4P.H2O4S.H3P.H/c;2*1-5(2,3)4;;/h;(H3,1,2,3,4);(H2,1,2,3,4);1H3;/q+1;;;;-1. The Kier molecular flexibility index (Phi) is 19.9. The minimum atomic E-state index is -4.67. The number of hydrogen-bond donors (Lipinski definition) is 5. The van der Waals surface area contributed by atoms with Crippen LogP contribution in [0, 0.1) is 0 Å². The van der Waals surface area contributed by atoms with E-state index in [4.69, 9.17) is 36.8 Å². The predicted molar refractivity (Wildman–Crippen MR) is 40.7 cm³/mol. The topological polar surface area (TPSA) is 152 Å². The predicted octanol–water partition coefficient (Wildman–Crippen LogP) is -4.41.